The van der Waals surface area contributed by atoms with E-state index >= 15 is 0 Å². The fourth-order valence-corrected chi connectivity index (χ4v) is 3.90. The summed E-state index contributed by atoms with van der Waals surface area (Å²) in [5.74, 6) is -1.19. The molecular weight excluding hydrogens is 434 g/mol. The number of carboxylic acid groups (broad SMARTS) is 1. The van der Waals surface area contributed by atoms with E-state index in [1.807, 2.05) is 50.2 Å². The van der Waals surface area contributed by atoms with E-state index in [4.69, 9.17) is 9.15 Å². The highest BCUT2D eigenvalue weighted by atomic mass is 16.5. The number of carbonyl (C=O) groups is 2. The summed E-state index contributed by atoms with van der Waals surface area (Å²) in [5.41, 5.74) is 3.08. The summed E-state index contributed by atoms with van der Waals surface area (Å²) in [6, 6.07) is 12.3. The van der Waals surface area contributed by atoms with Gasteiger partial charge in [0.05, 0.1) is 0 Å². The number of unbranched alkanes of at least 4 members (excludes halogenated alkanes) is 1. The van der Waals surface area contributed by atoms with Gasteiger partial charge in [-0.25, -0.2) is 9.59 Å². The van der Waals surface area contributed by atoms with Gasteiger partial charge < -0.3 is 19.6 Å². The number of fused-ring (bicyclic) bond motifs is 1. The minimum atomic E-state index is -1.07. The summed E-state index contributed by atoms with van der Waals surface area (Å²) in [7, 11) is 0. The van der Waals surface area contributed by atoms with Crippen molar-refractivity contribution in [2.75, 3.05) is 0 Å². The van der Waals surface area contributed by atoms with Gasteiger partial charge >= 0.3 is 11.6 Å². The molecule has 2 aromatic carbocycles. The molecule has 0 saturated heterocycles. The number of aryl methyl sites for hydroxylation is 2. The van der Waals surface area contributed by atoms with Gasteiger partial charge in [0.25, 0.3) is 5.91 Å². The topological polar surface area (TPSA) is 106 Å². The molecule has 0 aliphatic rings. The Morgan fingerprint density at radius 1 is 1.09 bits per heavy atom. The molecule has 0 aliphatic carbocycles. The Labute approximate surface area is 198 Å². The Morgan fingerprint density at radius 2 is 1.79 bits per heavy atom. The highest BCUT2D eigenvalue weighted by Gasteiger charge is 2.24. The molecule has 3 aromatic rings. The van der Waals surface area contributed by atoms with Crippen LogP contribution in [0.3, 0.4) is 0 Å². The first-order valence-corrected chi connectivity index (χ1v) is 11.5. The molecule has 7 nitrogen and oxygen atoms in total. The van der Waals surface area contributed by atoms with Crippen LogP contribution in [0.5, 0.6) is 5.75 Å². The second kappa shape index (κ2) is 11.0. The quantitative estimate of drug-likeness (QED) is 0.426. The van der Waals surface area contributed by atoms with Crippen LogP contribution in [0, 0.1) is 13.8 Å². The number of carbonyl (C=O) groups excluding carboxylic acids is 1. The van der Waals surface area contributed by atoms with Crippen molar-refractivity contribution in [1.82, 2.24) is 5.32 Å². The standard InChI is InChI=1S/C27H31NO6/c1-5-6-12-22(26(30)31)28-25(29)18(4)33-23-14-13-20-16(2)21(15-19-10-8-7-9-11-19)27(32)34-24(20)17(23)3/h7-11,13-14,18,22H,5-6,12,15H2,1-4H3,(H,28,29)(H,30,31)/t18-,22-/m1/s1. The van der Waals surface area contributed by atoms with E-state index in [1.165, 1.54) is 0 Å². The summed E-state index contributed by atoms with van der Waals surface area (Å²) in [6.45, 7) is 7.18. The second-order valence-corrected chi connectivity index (χ2v) is 8.52. The number of aliphatic carboxylic acids is 1. The second-order valence-electron chi connectivity index (χ2n) is 8.52. The monoisotopic (exact) mass is 465 g/mol. The number of carboxylic acids is 1. The molecule has 2 N–H and O–H groups in total. The lowest BCUT2D eigenvalue weighted by molar-refractivity contribution is -0.143. The van der Waals surface area contributed by atoms with E-state index in [0.717, 1.165) is 22.9 Å². The number of amides is 1. The van der Waals surface area contributed by atoms with Crippen molar-refractivity contribution in [2.45, 2.75) is 65.5 Å². The van der Waals surface area contributed by atoms with Crippen LogP contribution < -0.4 is 15.7 Å². The predicted octanol–water partition coefficient (Wildman–Crippen LogP) is 4.53. The summed E-state index contributed by atoms with van der Waals surface area (Å²) in [4.78, 5) is 36.8. The lowest BCUT2D eigenvalue weighted by Gasteiger charge is -2.20. The van der Waals surface area contributed by atoms with Gasteiger partial charge in [-0.15, -0.1) is 0 Å². The average Bonchev–Trinajstić information content (AvgIpc) is 2.81. The molecular formula is C27H31NO6. The Balaban J connectivity index is 1.83. The average molecular weight is 466 g/mol. The maximum Gasteiger partial charge on any atom is 0.340 e. The van der Waals surface area contributed by atoms with Crippen LogP contribution in [0.25, 0.3) is 11.0 Å². The highest BCUT2D eigenvalue weighted by Crippen LogP contribution is 2.30. The number of hydrogen-bond acceptors (Lipinski definition) is 5. The zero-order chi connectivity index (χ0) is 24.8. The maximum atomic E-state index is 12.8. The third-order valence-electron chi connectivity index (χ3n) is 6.01. The van der Waals surface area contributed by atoms with Crippen LogP contribution in [0.15, 0.2) is 51.7 Å². The van der Waals surface area contributed by atoms with Crippen LogP contribution in [-0.2, 0) is 16.0 Å². The molecule has 0 saturated carbocycles. The van der Waals surface area contributed by atoms with Crippen LogP contribution in [0.4, 0.5) is 0 Å². The molecule has 0 fully saturated rings. The number of rotatable bonds is 10. The van der Waals surface area contributed by atoms with Gasteiger partial charge in [0.1, 0.15) is 17.4 Å². The van der Waals surface area contributed by atoms with E-state index in [9.17, 15) is 19.5 Å². The third kappa shape index (κ3) is 5.65. The van der Waals surface area contributed by atoms with E-state index in [-0.39, 0.29) is 0 Å². The molecule has 180 valence electrons. The number of ether oxygens (including phenoxy) is 1. The first-order chi connectivity index (χ1) is 16.2. The van der Waals surface area contributed by atoms with Gasteiger partial charge in [-0.2, -0.15) is 0 Å². The highest BCUT2D eigenvalue weighted by molar-refractivity contribution is 5.87. The van der Waals surface area contributed by atoms with Gasteiger partial charge in [0.15, 0.2) is 6.10 Å². The van der Waals surface area contributed by atoms with Crippen LogP contribution in [0.2, 0.25) is 0 Å². The first kappa shape index (κ1) is 25.0. The molecule has 34 heavy (non-hydrogen) atoms. The molecule has 0 radical (unpaired) electrons. The van der Waals surface area contributed by atoms with Crippen molar-refractivity contribution in [2.24, 2.45) is 0 Å². The number of hydrogen-bond donors (Lipinski definition) is 2. The molecule has 0 unspecified atom stereocenters. The van der Waals surface area contributed by atoms with Gasteiger partial charge in [-0.1, -0.05) is 50.1 Å². The SMILES string of the molecule is CCCC[C@@H](NC(=O)[C@@H](C)Oc1ccc2c(C)c(Cc3ccccc3)c(=O)oc2c1C)C(=O)O. The van der Waals surface area contributed by atoms with Gasteiger partial charge in [0.2, 0.25) is 0 Å². The number of benzene rings is 2. The summed E-state index contributed by atoms with van der Waals surface area (Å²) in [6.07, 6.45) is 1.43. The molecule has 1 amide bonds. The fraction of sp³-hybridized carbons (Fsp3) is 0.370. The van der Waals surface area contributed by atoms with E-state index in [0.29, 0.717) is 41.7 Å². The molecule has 0 spiro atoms. The molecule has 2 atom stereocenters. The molecule has 0 bridgehead atoms. The largest absolute Gasteiger partial charge is 0.480 e. The van der Waals surface area contributed by atoms with Gasteiger partial charge in [0, 0.05) is 22.9 Å². The zero-order valence-electron chi connectivity index (χ0n) is 20.0. The van der Waals surface area contributed by atoms with Crippen LogP contribution in [0.1, 0.15) is 55.4 Å². The summed E-state index contributed by atoms with van der Waals surface area (Å²) >= 11 is 0. The molecule has 0 aliphatic heterocycles. The van der Waals surface area contributed by atoms with E-state index < -0.39 is 29.6 Å². The maximum absolute atomic E-state index is 12.8. The minimum Gasteiger partial charge on any atom is -0.480 e. The normalized spacial score (nSPS) is 12.8. The van der Waals surface area contributed by atoms with Crippen molar-refractivity contribution in [3.63, 3.8) is 0 Å². The number of nitrogens with one attached hydrogen (secondary N) is 1. The Hall–Kier alpha value is -3.61. The van der Waals surface area contributed by atoms with Gasteiger partial charge in [-0.3, -0.25) is 4.79 Å². The van der Waals surface area contributed by atoms with E-state index in [2.05, 4.69) is 5.32 Å². The van der Waals surface area contributed by atoms with E-state index in [1.54, 1.807) is 19.9 Å². The third-order valence-corrected chi connectivity index (χ3v) is 6.01. The smallest absolute Gasteiger partial charge is 0.340 e. The fourth-order valence-electron chi connectivity index (χ4n) is 3.90. The Morgan fingerprint density at radius 3 is 2.44 bits per heavy atom. The Kier molecular flexibility index (Phi) is 8.10. The predicted molar refractivity (Wildman–Crippen MR) is 130 cm³/mol. The minimum absolute atomic E-state index is 0.356. The molecule has 1 aromatic heterocycles. The van der Waals surface area contributed by atoms with Crippen molar-refractivity contribution < 1.29 is 23.8 Å². The van der Waals surface area contributed by atoms with Crippen molar-refractivity contribution in [1.29, 1.82) is 0 Å². The lowest BCUT2D eigenvalue weighted by Crippen LogP contribution is -2.46. The summed E-state index contributed by atoms with van der Waals surface area (Å²) in [5, 5.41) is 12.7. The van der Waals surface area contributed by atoms with Crippen LogP contribution >= 0.6 is 0 Å². The van der Waals surface area contributed by atoms with Crippen molar-refractivity contribution in [3.8, 4) is 5.75 Å². The molecule has 1 heterocycles. The van der Waals surface area contributed by atoms with Gasteiger partial charge in [-0.05, 0) is 50.5 Å². The van der Waals surface area contributed by atoms with Crippen LogP contribution in [-0.4, -0.2) is 29.1 Å². The zero-order valence-corrected chi connectivity index (χ0v) is 20.0. The van der Waals surface area contributed by atoms with Crippen molar-refractivity contribution >= 4 is 22.8 Å². The molecule has 7 heteroatoms. The Bertz CT molecular complexity index is 1230. The molecule has 3 rings (SSSR count). The first-order valence-electron chi connectivity index (χ1n) is 11.5. The van der Waals surface area contributed by atoms with Crippen molar-refractivity contribution in [3.05, 3.63) is 75.1 Å². The lowest BCUT2D eigenvalue weighted by atomic mass is 9.98. The summed E-state index contributed by atoms with van der Waals surface area (Å²) < 4.78 is 11.5.